The molecule has 9 nitrogen and oxygen atoms in total. The minimum absolute atomic E-state index is 0.0773. The van der Waals surface area contributed by atoms with E-state index in [0.717, 1.165) is 11.1 Å². The molecule has 2 aliphatic heterocycles. The van der Waals surface area contributed by atoms with Gasteiger partial charge in [0.15, 0.2) is 11.6 Å². The lowest BCUT2D eigenvalue weighted by atomic mass is 9.49. The van der Waals surface area contributed by atoms with E-state index in [1.165, 1.54) is 25.3 Å². The molecule has 6 unspecified atom stereocenters. The Morgan fingerprint density at radius 2 is 1.76 bits per heavy atom. The van der Waals surface area contributed by atoms with Gasteiger partial charge in [-0.1, -0.05) is 53.1 Å². The molecule has 230 valence electrons. The highest BCUT2D eigenvalue weighted by molar-refractivity contribution is 6.36. The number of fused-ring (bicyclic) bond motifs is 4. The van der Waals surface area contributed by atoms with Crippen LogP contribution in [-0.4, -0.2) is 40.9 Å². The molecule has 12 heteroatoms. The zero-order valence-corrected chi connectivity index (χ0v) is 25.2. The van der Waals surface area contributed by atoms with E-state index in [4.69, 9.17) is 27.9 Å². The fraction of sp³-hybridized carbons (Fsp3) is 0.273. The number of hydrogen-bond donors (Lipinski definition) is 3. The summed E-state index contributed by atoms with van der Waals surface area (Å²) in [5, 5.41) is 14.0. The van der Waals surface area contributed by atoms with Crippen LogP contribution in [-0.2, 0) is 24.6 Å². The average Bonchev–Trinajstić information content (AvgIpc) is 3.43. The minimum atomic E-state index is -1.62. The molecule has 0 bridgehead atoms. The lowest BCUT2D eigenvalue weighted by Gasteiger charge is -2.50. The molecule has 3 N–H and O–H groups in total. The van der Waals surface area contributed by atoms with Crippen molar-refractivity contribution in [2.75, 3.05) is 12.5 Å². The molecule has 7 rings (SSSR count). The number of nitrogens with one attached hydrogen (secondary N) is 2. The Balaban J connectivity index is 1.48. The number of nitrogens with zero attached hydrogens (tertiary/aromatic N) is 1. The highest BCUT2D eigenvalue weighted by Crippen LogP contribution is 2.64. The number of phenolic OH excluding ortho intramolecular Hbond substituents is 1. The number of carbonyl (C=O) groups excluding carboxylic acids is 4. The second-order valence-electron chi connectivity index (χ2n) is 11.8. The summed E-state index contributed by atoms with van der Waals surface area (Å²) in [6.45, 7) is 0. The Hall–Kier alpha value is -4.41. The van der Waals surface area contributed by atoms with E-state index in [1.807, 2.05) is 6.08 Å². The molecule has 4 amide bonds. The first-order valence-electron chi connectivity index (χ1n) is 14.3. The molecule has 3 fully saturated rings. The van der Waals surface area contributed by atoms with E-state index in [-0.39, 0.29) is 29.5 Å². The smallest absolute Gasteiger partial charge is 0.260 e. The van der Waals surface area contributed by atoms with Gasteiger partial charge in [0.05, 0.1) is 41.0 Å². The Morgan fingerprint density at radius 1 is 1.00 bits per heavy atom. The van der Waals surface area contributed by atoms with Crippen LogP contribution >= 0.6 is 23.2 Å². The molecule has 4 aliphatic rings. The molecule has 3 aromatic carbocycles. The van der Waals surface area contributed by atoms with Crippen molar-refractivity contribution in [2.45, 2.75) is 24.2 Å². The first-order chi connectivity index (χ1) is 21.6. The molecule has 45 heavy (non-hydrogen) atoms. The summed E-state index contributed by atoms with van der Waals surface area (Å²) in [5.41, 5.74) is 3.01. The van der Waals surface area contributed by atoms with Gasteiger partial charge in [-0.3, -0.25) is 29.9 Å². The van der Waals surface area contributed by atoms with E-state index in [1.54, 1.807) is 36.4 Å². The molecule has 2 saturated heterocycles. The third kappa shape index (κ3) is 4.26. The van der Waals surface area contributed by atoms with Gasteiger partial charge in [0.1, 0.15) is 5.75 Å². The second-order valence-corrected chi connectivity index (χ2v) is 12.6. The van der Waals surface area contributed by atoms with E-state index < -0.39 is 64.3 Å². The van der Waals surface area contributed by atoms with Gasteiger partial charge in [0, 0.05) is 10.9 Å². The highest BCUT2D eigenvalue weighted by Gasteiger charge is 2.70. The van der Waals surface area contributed by atoms with Crippen molar-refractivity contribution in [1.29, 1.82) is 0 Å². The molecule has 0 aromatic heterocycles. The van der Waals surface area contributed by atoms with Gasteiger partial charge >= 0.3 is 0 Å². The van der Waals surface area contributed by atoms with Crippen LogP contribution < -0.4 is 15.5 Å². The van der Waals surface area contributed by atoms with Gasteiger partial charge in [-0.05, 0) is 72.4 Å². The summed E-state index contributed by atoms with van der Waals surface area (Å²) >= 11 is 12.5. The summed E-state index contributed by atoms with van der Waals surface area (Å²) in [4.78, 5) is 55.4. The van der Waals surface area contributed by atoms with E-state index in [9.17, 15) is 19.5 Å². The number of aromatic hydroxyl groups is 1. The lowest BCUT2D eigenvalue weighted by Crippen LogP contribution is -2.53. The molecule has 1 saturated carbocycles. The summed E-state index contributed by atoms with van der Waals surface area (Å²) in [5.74, 6) is -6.91. The summed E-state index contributed by atoms with van der Waals surface area (Å²) in [6, 6.07) is 15.2. The molecule has 0 spiro atoms. The maximum absolute atomic E-state index is 15.1. The second kappa shape index (κ2) is 10.6. The van der Waals surface area contributed by atoms with Gasteiger partial charge in [0.25, 0.3) is 11.8 Å². The maximum Gasteiger partial charge on any atom is 0.260 e. The quantitative estimate of drug-likeness (QED) is 0.259. The monoisotopic (exact) mass is 649 g/mol. The van der Waals surface area contributed by atoms with Crippen molar-refractivity contribution in [3.8, 4) is 11.5 Å². The summed E-state index contributed by atoms with van der Waals surface area (Å²) < 4.78 is 20.4. The largest absolute Gasteiger partial charge is 0.505 e. The van der Waals surface area contributed by atoms with E-state index in [0.29, 0.717) is 27.5 Å². The van der Waals surface area contributed by atoms with Crippen LogP contribution in [0.1, 0.15) is 29.9 Å². The number of benzene rings is 3. The normalized spacial score (nSPS) is 28.7. The highest BCUT2D eigenvalue weighted by atomic mass is 35.5. The Morgan fingerprint density at radius 3 is 2.44 bits per heavy atom. The van der Waals surface area contributed by atoms with Crippen molar-refractivity contribution < 1.29 is 33.4 Å². The SMILES string of the molecule is COc1ccc(C23C(=O)N(Nc4ccc(Cl)cc4Cl)C(=O)C2CC2C(=CCC4C(=O)NC(=O)C42)C3c2ccc(O)c(F)c2)cc1. The molecule has 6 atom stereocenters. The number of imide groups is 2. The Labute approximate surface area is 266 Å². The number of amides is 4. The number of halogens is 3. The van der Waals surface area contributed by atoms with Gasteiger partial charge in [0.2, 0.25) is 11.8 Å². The van der Waals surface area contributed by atoms with Gasteiger partial charge in [-0.15, -0.1) is 0 Å². The fourth-order valence-electron chi connectivity index (χ4n) is 7.83. The van der Waals surface area contributed by atoms with Gasteiger partial charge < -0.3 is 9.84 Å². The van der Waals surface area contributed by atoms with Crippen LogP contribution in [0.4, 0.5) is 10.1 Å². The molecule has 2 aliphatic carbocycles. The zero-order valence-electron chi connectivity index (χ0n) is 23.7. The molecular weight excluding hydrogens is 624 g/mol. The van der Waals surface area contributed by atoms with Crippen molar-refractivity contribution in [2.24, 2.45) is 23.7 Å². The molecule has 3 aromatic rings. The predicted molar refractivity (Wildman–Crippen MR) is 162 cm³/mol. The Bertz CT molecular complexity index is 1830. The lowest BCUT2D eigenvalue weighted by molar-refractivity contribution is -0.138. The summed E-state index contributed by atoms with van der Waals surface area (Å²) in [7, 11) is 1.51. The molecule has 2 heterocycles. The number of anilines is 1. The molecular formula is C33H26Cl2FN3O6. The third-order valence-electron chi connectivity index (χ3n) is 9.73. The predicted octanol–water partition coefficient (Wildman–Crippen LogP) is 5.12. The van der Waals surface area contributed by atoms with Crippen molar-refractivity contribution in [3.63, 3.8) is 0 Å². The van der Waals surface area contributed by atoms with Crippen molar-refractivity contribution in [1.82, 2.24) is 10.3 Å². The topological polar surface area (TPSA) is 125 Å². The van der Waals surface area contributed by atoms with E-state index in [2.05, 4.69) is 10.7 Å². The van der Waals surface area contributed by atoms with Crippen LogP contribution in [0, 0.1) is 29.5 Å². The Kier molecular flexibility index (Phi) is 6.90. The van der Waals surface area contributed by atoms with E-state index >= 15 is 9.18 Å². The third-order valence-corrected chi connectivity index (χ3v) is 10.3. The number of phenols is 1. The number of methoxy groups -OCH3 is 1. The number of rotatable bonds is 5. The molecule has 0 radical (unpaired) electrons. The van der Waals surface area contributed by atoms with Crippen LogP contribution in [0.15, 0.2) is 72.3 Å². The van der Waals surface area contributed by atoms with Gasteiger partial charge in [-0.25, -0.2) is 4.39 Å². The van der Waals surface area contributed by atoms with Crippen molar-refractivity contribution >= 4 is 52.5 Å². The number of hydrazine groups is 1. The van der Waals surface area contributed by atoms with Crippen LogP contribution in [0.3, 0.4) is 0 Å². The van der Waals surface area contributed by atoms with Crippen LogP contribution in [0.2, 0.25) is 10.0 Å². The number of ether oxygens (including phenoxy) is 1. The van der Waals surface area contributed by atoms with Crippen LogP contribution in [0.25, 0.3) is 0 Å². The zero-order chi connectivity index (χ0) is 31.8. The standard InChI is InChI=1S/C33H26Cl2FN3O6/c1-45-18-6-3-16(4-7-18)33-22(31(43)39(32(33)44)38-25-10-5-17(34)13-23(25)35)14-21-19(8-9-20-27(21)30(42)37-29(20)41)28(33)15-2-11-26(40)24(36)12-15/h2-8,10-13,20-22,27-28,38,40H,9,14H2,1H3,(H,37,41,42). The minimum Gasteiger partial charge on any atom is -0.505 e. The average molecular weight is 650 g/mol. The van der Waals surface area contributed by atoms with Gasteiger partial charge in [-0.2, -0.15) is 5.01 Å². The van der Waals surface area contributed by atoms with Crippen LogP contribution in [0.5, 0.6) is 11.5 Å². The maximum atomic E-state index is 15.1. The van der Waals surface area contributed by atoms with Crippen molar-refractivity contribution in [3.05, 3.63) is 99.3 Å². The first-order valence-corrected chi connectivity index (χ1v) is 15.1. The fourth-order valence-corrected chi connectivity index (χ4v) is 8.28. The number of hydrogen-bond acceptors (Lipinski definition) is 7. The number of carbonyl (C=O) groups is 4. The summed E-state index contributed by atoms with van der Waals surface area (Å²) in [6.07, 6.45) is 2.16. The first kappa shape index (κ1) is 29.3. The number of allylic oxidation sites excluding steroid dienone is 2.